The van der Waals surface area contributed by atoms with E-state index in [4.69, 9.17) is 15.7 Å². The number of ether oxygens (including phenoxy) is 1. The second kappa shape index (κ2) is 6.37. The van der Waals surface area contributed by atoms with Crippen molar-refractivity contribution in [2.75, 3.05) is 25.0 Å². The number of carbonyl (C=O) groups excluding carboxylic acids is 1. The molecule has 0 bridgehead atoms. The lowest BCUT2D eigenvalue weighted by Crippen LogP contribution is -2.46. The first-order chi connectivity index (χ1) is 9.60. The normalized spacial score (nSPS) is 20.1. The molecule has 1 aromatic rings. The number of amides is 2. The van der Waals surface area contributed by atoms with Gasteiger partial charge in [0.1, 0.15) is 0 Å². The fourth-order valence-electron chi connectivity index (χ4n) is 2.01. The van der Waals surface area contributed by atoms with E-state index in [1.807, 2.05) is 37.3 Å². The van der Waals surface area contributed by atoms with Crippen molar-refractivity contribution in [1.82, 2.24) is 4.90 Å². The number of hydrogen-bond donors (Lipinski definition) is 2. The molecule has 0 radical (unpaired) electrons. The van der Waals surface area contributed by atoms with Gasteiger partial charge in [-0.3, -0.25) is 0 Å². The van der Waals surface area contributed by atoms with Crippen LogP contribution in [0.25, 0.3) is 0 Å². The Labute approximate surface area is 118 Å². The van der Waals surface area contributed by atoms with Gasteiger partial charge in [-0.05, 0) is 24.6 Å². The molecule has 2 amide bonds. The molecule has 20 heavy (non-hydrogen) atoms. The Bertz CT molecular complexity index is 524. The lowest BCUT2D eigenvalue weighted by atomic mass is 10.1. The first-order valence-corrected chi connectivity index (χ1v) is 6.53. The molecule has 0 spiro atoms. The molecule has 106 valence electrons. The summed E-state index contributed by atoms with van der Waals surface area (Å²) in [4.78, 5) is 13.7. The van der Waals surface area contributed by atoms with Crippen molar-refractivity contribution >= 4 is 11.7 Å². The molecule has 0 aliphatic carbocycles. The van der Waals surface area contributed by atoms with Gasteiger partial charge in [0, 0.05) is 18.3 Å². The average molecular weight is 274 g/mol. The van der Waals surface area contributed by atoms with Crippen LogP contribution in [0.1, 0.15) is 18.5 Å². The van der Waals surface area contributed by atoms with Crippen molar-refractivity contribution < 1.29 is 9.53 Å². The van der Waals surface area contributed by atoms with Crippen LogP contribution in [0.15, 0.2) is 24.3 Å². The molecule has 1 fully saturated rings. The number of urea groups is 1. The molecule has 2 rings (SSSR count). The molecular weight excluding hydrogens is 256 g/mol. The van der Waals surface area contributed by atoms with Gasteiger partial charge in [-0.15, -0.1) is 0 Å². The number of anilines is 1. The van der Waals surface area contributed by atoms with Crippen LogP contribution in [0.4, 0.5) is 10.5 Å². The molecule has 2 atom stereocenters. The Morgan fingerprint density at radius 2 is 2.45 bits per heavy atom. The summed E-state index contributed by atoms with van der Waals surface area (Å²) >= 11 is 0. The summed E-state index contributed by atoms with van der Waals surface area (Å²) in [5, 5.41) is 11.6. The van der Waals surface area contributed by atoms with Crippen molar-refractivity contribution in [2.24, 2.45) is 5.73 Å². The fourth-order valence-corrected chi connectivity index (χ4v) is 2.01. The van der Waals surface area contributed by atoms with Crippen molar-refractivity contribution in [1.29, 1.82) is 5.26 Å². The molecule has 3 N–H and O–H groups in total. The van der Waals surface area contributed by atoms with Crippen molar-refractivity contribution in [3.05, 3.63) is 29.8 Å². The summed E-state index contributed by atoms with van der Waals surface area (Å²) in [6, 6.07) is 9.14. The van der Waals surface area contributed by atoms with Crippen LogP contribution in [-0.2, 0) is 4.74 Å². The van der Waals surface area contributed by atoms with Gasteiger partial charge in [-0.1, -0.05) is 12.1 Å². The summed E-state index contributed by atoms with van der Waals surface area (Å²) in [5.74, 6) is 0. The van der Waals surface area contributed by atoms with Gasteiger partial charge in [-0.25, -0.2) is 4.79 Å². The van der Waals surface area contributed by atoms with Crippen LogP contribution in [0.3, 0.4) is 0 Å². The molecule has 6 heteroatoms. The zero-order chi connectivity index (χ0) is 14.5. The topological polar surface area (TPSA) is 91.4 Å². The average Bonchev–Trinajstić information content (AvgIpc) is 2.47. The second-order valence-corrected chi connectivity index (χ2v) is 4.78. The highest BCUT2D eigenvalue weighted by Crippen LogP contribution is 2.16. The van der Waals surface area contributed by atoms with E-state index in [9.17, 15) is 4.79 Å². The quantitative estimate of drug-likeness (QED) is 0.854. The highest BCUT2D eigenvalue weighted by atomic mass is 16.5. The smallest absolute Gasteiger partial charge is 0.322 e. The zero-order valence-corrected chi connectivity index (χ0v) is 11.4. The number of nitrogens with one attached hydrogen (secondary N) is 1. The first kappa shape index (κ1) is 14.3. The third-order valence-electron chi connectivity index (χ3n) is 3.16. The maximum atomic E-state index is 12.1. The lowest BCUT2D eigenvalue weighted by Gasteiger charge is -2.29. The number of rotatable bonds is 2. The van der Waals surface area contributed by atoms with E-state index in [1.165, 1.54) is 0 Å². The first-order valence-electron chi connectivity index (χ1n) is 6.53. The highest BCUT2D eigenvalue weighted by Gasteiger charge is 2.23. The van der Waals surface area contributed by atoms with Crippen LogP contribution >= 0.6 is 0 Å². The van der Waals surface area contributed by atoms with Crippen LogP contribution in [0, 0.1) is 11.3 Å². The summed E-state index contributed by atoms with van der Waals surface area (Å²) in [7, 11) is 0. The van der Waals surface area contributed by atoms with Gasteiger partial charge < -0.3 is 20.7 Å². The Balaban J connectivity index is 2.01. The molecule has 6 nitrogen and oxygen atoms in total. The molecule has 1 aliphatic rings. The van der Waals surface area contributed by atoms with Crippen LogP contribution in [-0.4, -0.2) is 36.7 Å². The minimum atomic E-state index is -0.551. The minimum Gasteiger partial charge on any atom is -0.360 e. The molecule has 1 heterocycles. The van der Waals surface area contributed by atoms with Crippen molar-refractivity contribution in [3.63, 3.8) is 0 Å². The Hall–Kier alpha value is -2.10. The second-order valence-electron chi connectivity index (χ2n) is 4.78. The highest BCUT2D eigenvalue weighted by molar-refractivity contribution is 5.89. The largest absolute Gasteiger partial charge is 0.360 e. The van der Waals surface area contributed by atoms with Crippen LogP contribution in [0.2, 0.25) is 0 Å². The molecule has 1 aliphatic heterocycles. The minimum absolute atomic E-state index is 0.0850. The molecule has 0 aromatic heterocycles. The molecule has 0 saturated carbocycles. The molecular formula is C14H18N4O2. The Morgan fingerprint density at radius 1 is 1.65 bits per heavy atom. The number of nitrogens with two attached hydrogens (primary N) is 1. The monoisotopic (exact) mass is 274 g/mol. The SMILES string of the molecule is CC(N)c1cccc(NC(=O)N2CCOC(C#N)C2)c1. The lowest BCUT2D eigenvalue weighted by molar-refractivity contribution is 0.0181. The van der Waals surface area contributed by atoms with E-state index in [2.05, 4.69) is 5.32 Å². The summed E-state index contributed by atoms with van der Waals surface area (Å²) < 4.78 is 5.21. The number of carbonyl (C=O) groups is 1. The van der Waals surface area contributed by atoms with Gasteiger partial charge in [0.15, 0.2) is 6.10 Å². The van der Waals surface area contributed by atoms with E-state index in [1.54, 1.807) is 4.90 Å². The van der Waals surface area contributed by atoms with Crippen molar-refractivity contribution in [3.8, 4) is 6.07 Å². The number of morpholine rings is 1. The van der Waals surface area contributed by atoms with Gasteiger partial charge >= 0.3 is 6.03 Å². The fraction of sp³-hybridized carbons (Fsp3) is 0.429. The third kappa shape index (κ3) is 3.47. The number of hydrogen-bond acceptors (Lipinski definition) is 4. The molecule has 2 unspecified atom stereocenters. The van der Waals surface area contributed by atoms with E-state index in [0.717, 1.165) is 5.56 Å². The summed E-state index contributed by atoms with van der Waals surface area (Å²) in [5.41, 5.74) is 7.47. The third-order valence-corrected chi connectivity index (χ3v) is 3.16. The maximum absolute atomic E-state index is 12.1. The summed E-state index contributed by atoms with van der Waals surface area (Å²) in [6.45, 7) is 3.04. The predicted octanol–water partition coefficient (Wildman–Crippen LogP) is 1.46. The van der Waals surface area contributed by atoms with Crippen molar-refractivity contribution in [2.45, 2.75) is 19.1 Å². The maximum Gasteiger partial charge on any atom is 0.322 e. The Morgan fingerprint density at radius 3 is 3.15 bits per heavy atom. The number of nitrogens with zero attached hydrogens (tertiary/aromatic N) is 2. The zero-order valence-electron chi connectivity index (χ0n) is 11.4. The van der Waals surface area contributed by atoms with Gasteiger partial charge in [0.25, 0.3) is 0 Å². The van der Waals surface area contributed by atoms with Gasteiger partial charge in [-0.2, -0.15) is 5.26 Å². The van der Waals surface area contributed by atoms with Crippen LogP contribution < -0.4 is 11.1 Å². The van der Waals surface area contributed by atoms with Gasteiger partial charge in [0.2, 0.25) is 0 Å². The van der Waals surface area contributed by atoms with E-state index in [0.29, 0.717) is 18.8 Å². The van der Waals surface area contributed by atoms with E-state index < -0.39 is 6.10 Å². The molecule has 1 aromatic carbocycles. The number of benzene rings is 1. The summed E-state index contributed by atoms with van der Waals surface area (Å²) in [6.07, 6.45) is -0.551. The molecule has 1 saturated heterocycles. The van der Waals surface area contributed by atoms with E-state index >= 15 is 0 Å². The van der Waals surface area contributed by atoms with Crippen LogP contribution in [0.5, 0.6) is 0 Å². The standard InChI is InChI=1S/C14H18N4O2/c1-10(16)11-3-2-4-12(7-11)17-14(19)18-5-6-20-13(8-15)9-18/h2-4,7,10,13H,5-6,9,16H2,1H3,(H,17,19). The van der Waals surface area contributed by atoms with E-state index in [-0.39, 0.29) is 18.6 Å². The van der Waals surface area contributed by atoms with Gasteiger partial charge in [0.05, 0.1) is 19.2 Å². The number of nitriles is 1. The Kier molecular flexibility index (Phi) is 4.56. The predicted molar refractivity (Wildman–Crippen MR) is 75.0 cm³/mol.